The summed E-state index contributed by atoms with van der Waals surface area (Å²) in [6.45, 7) is 4.91. The molecular weight excluding hydrogens is 294 g/mol. The molecule has 0 saturated heterocycles. The third kappa shape index (κ3) is 5.45. The second-order valence-electron chi connectivity index (χ2n) is 5.05. The standard InChI is InChI=1S/C18H21NO2S/c1-14-8-9-17(12-15(14)2)22-11-10-19-18(20)13-21-16-6-4-3-5-7-16/h3-9,12H,10-11,13H2,1-2H3,(H,19,20). The number of aryl methyl sites for hydroxylation is 2. The highest BCUT2D eigenvalue weighted by molar-refractivity contribution is 7.99. The van der Waals surface area contributed by atoms with E-state index in [1.54, 1.807) is 11.8 Å². The third-order valence-electron chi connectivity index (χ3n) is 3.28. The largest absolute Gasteiger partial charge is 0.484 e. The summed E-state index contributed by atoms with van der Waals surface area (Å²) in [4.78, 5) is 12.9. The normalized spacial score (nSPS) is 10.3. The van der Waals surface area contributed by atoms with Crippen molar-refractivity contribution in [2.45, 2.75) is 18.7 Å². The van der Waals surface area contributed by atoms with Gasteiger partial charge in [0.2, 0.25) is 0 Å². The Balaban J connectivity index is 1.63. The minimum Gasteiger partial charge on any atom is -0.484 e. The highest BCUT2D eigenvalue weighted by Gasteiger charge is 2.02. The van der Waals surface area contributed by atoms with Crippen molar-refractivity contribution < 1.29 is 9.53 Å². The van der Waals surface area contributed by atoms with Gasteiger partial charge in [0.25, 0.3) is 5.91 Å². The number of thioether (sulfide) groups is 1. The summed E-state index contributed by atoms with van der Waals surface area (Å²) < 4.78 is 5.39. The Hall–Kier alpha value is -1.94. The molecule has 0 saturated carbocycles. The fourth-order valence-corrected chi connectivity index (χ4v) is 2.74. The van der Waals surface area contributed by atoms with Gasteiger partial charge in [0.05, 0.1) is 0 Å². The van der Waals surface area contributed by atoms with Gasteiger partial charge >= 0.3 is 0 Å². The Kier molecular flexibility index (Phi) is 6.34. The van der Waals surface area contributed by atoms with E-state index < -0.39 is 0 Å². The lowest BCUT2D eigenvalue weighted by atomic mass is 10.1. The van der Waals surface area contributed by atoms with Gasteiger partial charge in [0.1, 0.15) is 5.75 Å². The first-order valence-electron chi connectivity index (χ1n) is 7.30. The Labute approximate surface area is 136 Å². The molecule has 1 amide bonds. The van der Waals surface area contributed by atoms with Crippen LogP contribution in [-0.4, -0.2) is 24.8 Å². The van der Waals surface area contributed by atoms with Gasteiger partial charge in [-0.1, -0.05) is 24.3 Å². The number of benzene rings is 2. The number of carbonyl (C=O) groups is 1. The predicted octanol–water partition coefficient (Wildman–Crippen LogP) is 3.59. The van der Waals surface area contributed by atoms with Gasteiger partial charge < -0.3 is 10.1 Å². The number of para-hydroxylation sites is 1. The topological polar surface area (TPSA) is 38.3 Å². The number of rotatable bonds is 7. The van der Waals surface area contributed by atoms with E-state index in [9.17, 15) is 4.79 Å². The molecule has 3 nitrogen and oxygen atoms in total. The van der Waals surface area contributed by atoms with Gasteiger partial charge in [-0.15, -0.1) is 11.8 Å². The molecule has 0 aliphatic carbocycles. The van der Waals surface area contributed by atoms with Gasteiger partial charge in [-0.3, -0.25) is 4.79 Å². The predicted molar refractivity (Wildman–Crippen MR) is 91.6 cm³/mol. The van der Waals surface area contributed by atoms with Crippen LogP contribution < -0.4 is 10.1 Å². The van der Waals surface area contributed by atoms with Crippen molar-refractivity contribution in [1.29, 1.82) is 0 Å². The maximum Gasteiger partial charge on any atom is 0.257 e. The molecule has 1 N–H and O–H groups in total. The van der Waals surface area contributed by atoms with Crippen LogP contribution in [0.1, 0.15) is 11.1 Å². The summed E-state index contributed by atoms with van der Waals surface area (Å²) >= 11 is 1.74. The highest BCUT2D eigenvalue weighted by atomic mass is 32.2. The molecule has 0 heterocycles. The number of hydrogen-bond donors (Lipinski definition) is 1. The van der Waals surface area contributed by atoms with Gasteiger partial charge in [-0.2, -0.15) is 0 Å². The molecule has 4 heteroatoms. The SMILES string of the molecule is Cc1ccc(SCCNC(=O)COc2ccccc2)cc1C. The summed E-state index contributed by atoms with van der Waals surface area (Å²) in [7, 11) is 0. The molecule has 0 bridgehead atoms. The molecule has 0 fully saturated rings. The van der Waals surface area contributed by atoms with Crippen LogP contribution in [0.25, 0.3) is 0 Å². The molecule has 22 heavy (non-hydrogen) atoms. The lowest BCUT2D eigenvalue weighted by Gasteiger charge is -2.08. The average Bonchev–Trinajstić information content (AvgIpc) is 2.54. The highest BCUT2D eigenvalue weighted by Crippen LogP contribution is 2.20. The van der Waals surface area contributed by atoms with Crippen molar-refractivity contribution in [3.8, 4) is 5.75 Å². The second kappa shape index (κ2) is 8.49. The number of ether oxygens (including phenoxy) is 1. The van der Waals surface area contributed by atoms with E-state index in [4.69, 9.17) is 4.74 Å². The number of carbonyl (C=O) groups excluding carboxylic acids is 1. The van der Waals surface area contributed by atoms with E-state index in [1.807, 2.05) is 30.3 Å². The fourth-order valence-electron chi connectivity index (χ4n) is 1.88. The molecular formula is C18H21NO2S. The minimum absolute atomic E-state index is 0.0539. The molecule has 2 aromatic rings. The Morgan fingerprint density at radius 3 is 2.59 bits per heavy atom. The fraction of sp³-hybridized carbons (Fsp3) is 0.278. The molecule has 0 spiro atoms. The summed E-state index contributed by atoms with van der Waals surface area (Å²) in [6.07, 6.45) is 0. The quantitative estimate of drug-likeness (QED) is 0.627. The molecule has 116 valence electrons. The van der Waals surface area contributed by atoms with Crippen molar-refractivity contribution in [2.24, 2.45) is 0 Å². The van der Waals surface area contributed by atoms with E-state index in [2.05, 4.69) is 37.4 Å². The van der Waals surface area contributed by atoms with Crippen LogP contribution in [-0.2, 0) is 4.79 Å². The van der Waals surface area contributed by atoms with Gasteiger partial charge in [0, 0.05) is 17.2 Å². The van der Waals surface area contributed by atoms with Crippen molar-refractivity contribution >= 4 is 17.7 Å². The van der Waals surface area contributed by atoms with Crippen molar-refractivity contribution in [3.05, 3.63) is 59.7 Å². The van der Waals surface area contributed by atoms with E-state index >= 15 is 0 Å². The zero-order valence-electron chi connectivity index (χ0n) is 13.0. The first-order chi connectivity index (χ1) is 10.6. The molecule has 0 aliphatic rings. The summed E-state index contributed by atoms with van der Waals surface area (Å²) in [6, 6.07) is 15.8. The monoisotopic (exact) mass is 315 g/mol. The van der Waals surface area contributed by atoms with E-state index in [0.717, 1.165) is 5.75 Å². The summed E-state index contributed by atoms with van der Waals surface area (Å²) in [5.41, 5.74) is 2.60. The van der Waals surface area contributed by atoms with Crippen LogP contribution >= 0.6 is 11.8 Å². The first-order valence-corrected chi connectivity index (χ1v) is 8.28. The van der Waals surface area contributed by atoms with Crippen molar-refractivity contribution in [2.75, 3.05) is 18.9 Å². The Bertz CT molecular complexity index is 614. The molecule has 0 unspecified atom stereocenters. The molecule has 0 aromatic heterocycles. The first kappa shape index (κ1) is 16.4. The third-order valence-corrected chi connectivity index (χ3v) is 4.28. The maximum absolute atomic E-state index is 11.7. The summed E-state index contributed by atoms with van der Waals surface area (Å²) in [5, 5.41) is 2.86. The van der Waals surface area contributed by atoms with Crippen LogP contribution in [0.5, 0.6) is 5.75 Å². The van der Waals surface area contributed by atoms with Gasteiger partial charge in [-0.05, 0) is 49.2 Å². The van der Waals surface area contributed by atoms with Crippen LogP contribution in [0.15, 0.2) is 53.4 Å². The van der Waals surface area contributed by atoms with Crippen LogP contribution in [0.3, 0.4) is 0 Å². The number of amides is 1. The maximum atomic E-state index is 11.7. The summed E-state index contributed by atoms with van der Waals surface area (Å²) in [5.74, 6) is 1.46. The Morgan fingerprint density at radius 2 is 1.86 bits per heavy atom. The number of hydrogen-bond acceptors (Lipinski definition) is 3. The van der Waals surface area contributed by atoms with Crippen LogP contribution in [0.4, 0.5) is 0 Å². The number of nitrogens with one attached hydrogen (secondary N) is 1. The van der Waals surface area contributed by atoms with E-state index in [-0.39, 0.29) is 12.5 Å². The van der Waals surface area contributed by atoms with Gasteiger partial charge in [0.15, 0.2) is 6.61 Å². The zero-order chi connectivity index (χ0) is 15.8. The molecule has 0 radical (unpaired) electrons. The lowest BCUT2D eigenvalue weighted by molar-refractivity contribution is -0.122. The average molecular weight is 315 g/mol. The van der Waals surface area contributed by atoms with Crippen LogP contribution in [0.2, 0.25) is 0 Å². The van der Waals surface area contributed by atoms with Gasteiger partial charge in [-0.25, -0.2) is 0 Å². The lowest BCUT2D eigenvalue weighted by Crippen LogP contribution is -2.30. The van der Waals surface area contributed by atoms with Crippen molar-refractivity contribution in [1.82, 2.24) is 5.32 Å². The molecule has 2 aromatic carbocycles. The Morgan fingerprint density at radius 1 is 1.09 bits per heavy atom. The van der Waals surface area contributed by atoms with E-state index in [0.29, 0.717) is 12.3 Å². The minimum atomic E-state index is -0.0930. The van der Waals surface area contributed by atoms with E-state index in [1.165, 1.54) is 16.0 Å². The molecule has 0 atom stereocenters. The van der Waals surface area contributed by atoms with Crippen molar-refractivity contribution in [3.63, 3.8) is 0 Å². The molecule has 2 rings (SSSR count). The smallest absolute Gasteiger partial charge is 0.257 e. The zero-order valence-corrected chi connectivity index (χ0v) is 13.8. The molecule has 0 aliphatic heterocycles. The second-order valence-corrected chi connectivity index (χ2v) is 6.21. The van der Waals surface area contributed by atoms with Crippen LogP contribution in [0, 0.1) is 13.8 Å².